The average molecular weight is 204 g/mol. The molecule has 0 heterocycles. The summed E-state index contributed by atoms with van der Waals surface area (Å²) in [6, 6.07) is 0. The van der Waals surface area contributed by atoms with E-state index >= 15 is 0 Å². The summed E-state index contributed by atoms with van der Waals surface area (Å²) in [5.74, 6) is -0.559. The van der Waals surface area contributed by atoms with Crippen LogP contribution in [0, 0.1) is 0 Å². The number of aliphatic hydroxyl groups excluding tert-OH is 3. The van der Waals surface area contributed by atoms with Gasteiger partial charge in [0.25, 0.3) is 0 Å². The molecule has 82 valence electrons. The van der Waals surface area contributed by atoms with Crippen LogP contribution in [0.15, 0.2) is 11.6 Å². The van der Waals surface area contributed by atoms with Crippen molar-refractivity contribution in [1.82, 2.24) is 0 Å². The van der Waals surface area contributed by atoms with Gasteiger partial charge in [0.05, 0.1) is 6.61 Å². The van der Waals surface area contributed by atoms with Crippen LogP contribution in [0.4, 0.5) is 0 Å². The van der Waals surface area contributed by atoms with E-state index in [0.717, 1.165) is 0 Å². The molecular weight excluding hydrogens is 188 g/mol. The first-order chi connectivity index (χ1) is 6.74. The molecule has 0 aromatic heterocycles. The van der Waals surface area contributed by atoms with E-state index in [1.54, 1.807) is 0 Å². The van der Waals surface area contributed by atoms with Crippen LogP contribution in [0.1, 0.15) is 12.8 Å². The van der Waals surface area contributed by atoms with Gasteiger partial charge in [-0.1, -0.05) is 5.57 Å². The van der Waals surface area contributed by atoms with Crippen LogP contribution in [0.2, 0.25) is 0 Å². The highest BCUT2D eigenvalue weighted by atomic mass is 16.5. The second kappa shape index (κ2) is 8.68. The highest BCUT2D eigenvalue weighted by Gasteiger charge is 2.02. The highest BCUT2D eigenvalue weighted by molar-refractivity contribution is 5.82. The monoisotopic (exact) mass is 204 g/mol. The van der Waals surface area contributed by atoms with E-state index in [-0.39, 0.29) is 26.4 Å². The molecule has 0 bridgehead atoms. The Morgan fingerprint density at radius 1 is 1.07 bits per heavy atom. The van der Waals surface area contributed by atoms with E-state index in [2.05, 4.69) is 4.74 Å². The number of aliphatic hydroxyl groups is 3. The standard InChI is InChI=1S/C9H16O5/c10-3-1-8(2-4-11)7-9(13)14-6-5-12/h7,10-12H,1-6H2. The Kier molecular flexibility index (Phi) is 8.11. The van der Waals surface area contributed by atoms with Gasteiger partial charge in [-0.3, -0.25) is 0 Å². The van der Waals surface area contributed by atoms with Gasteiger partial charge in [0.2, 0.25) is 0 Å². The first-order valence-electron chi connectivity index (χ1n) is 4.43. The van der Waals surface area contributed by atoms with Gasteiger partial charge in [-0.15, -0.1) is 0 Å². The molecule has 0 spiro atoms. The topological polar surface area (TPSA) is 87.0 Å². The van der Waals surface area contributed by atoms with Gasteiger partial charge in [-0.25, -0.2) is 4.79 Å². The Morgan fingerprint density at radius 2 is 1.64 bits per heavy atom. The second-order valence-corrected chi connectivity index (χ2v) is 2.64. The fourth-order valence-corrected chi connectivity index (χ4v) is 0.911. The van der Waals surface area contributed by atoms with Crippen molar-refractivity contribution in [3.05, 3.63) is 11.6 Å². The molecule has 0 unspecified atom stereocenters. The summed E-state index contributed by atoms with van der Waals surface area (Å²) in [5.41, 5.74) is 0.637. The number of hydrogen-bond donors (Lipinski definition) is 3. The van der Waals surface area contributed by atoms with Crippen molar-refractivity contribution >= 4 is 5.97 Å². The lowest BCUT2D eigenvalue weighted by atomic mass is 10.1. The second-order valence-electron chi connectivity index (χ2n) is 2.64. The quantitative estimate of drug-likeness (QED) is 0.374. The van der Waals surface area contributed by atoms with Crippen LogP contribution in [0.3, 0.4) is 0 Å². The molecule has 0 atom stereocenters. The van der Waals surface area contributed by atoms with Crippen molar-refractivity contribution in [3.8, 4) is 0 Å². The van der Waals surface area contributed by atoms with Crippen LogP contribution in [-0.2, 0) is 9.53 Å². The van der Waals surface area contributed by atoms with E-state index in [1.165, 1.54) is 6.08 Å². The van der Waals surface area contributed by atoms with Gasteiger partial charge in [-0.2, -0.15) is 0 Å². The van der Waals surface area contributed by atoms with Gasteiger partial charge in [0, 0.05) is 19.3 Å². The third-order valence-corrected chi connectivity index (χ3v) is 1.52. The maximum atomic E-state index is 11.0. The fraction of sp³-hybridized carbons (Fsp3) is 0.667. The molecule has 0 rings (SSSR count). The third kappa shape index (κ3) is 6.59. The minimum atomic E-state index is -0.559. The van der Waals surface area contributed by atoms with E-state index in [9.17, 15) is 4.79 Å². The van der Waals surface area contributed by atoms with Crippen LogP contribution >= 0.6 is 0 Å². The molecule has 0 aromatic rings. The van der Waals surface area contributed by atoms with E-state index in [0.29, 0.717) is 18.4 Å². The molecule has 0 fully saturated rings. The Balaban J connectivity index is 4.03. The van der Waals surface area contributed by atoms with Gasteiger partial charge >= 0.3 is 5.97 Å². The van der Waals surface area contributed by atoms with Gasteiger partial charge in [0.1, 0.15) is 6.61 Å². The summed E-state index contributed by atoms with van der Waals surface area (Å²) in [6.45, 7) is -0.395. The predicted octanol–water partition coefficient (Wildman–Crippen LogP) is -0.787. The molecule has 0 aliphatic rings. The number of carbonyl (C=O) groups is 1. The Morgan fingerprint density at radius 3 is 2.07 bits per heavy atom. The molecule has 3 N–H and O–H groups in total. The lowest BCUT2D eigenvalue weighted by Gasteiger charge is -2.03. The molecule has 14 heavy (non-hydrogen) atoms. The summed E-state index contributed by atoms with van der Waals surface area (Å²) in [4.78, 5) is 11.0. The summed E-state index contributed by atoms with van der Waals surface area (Å²) in [6.07, 6.45) is 1.92. The van der Waals surface area contributed by atoms with Crippen molar-refractivity contribution in [2.45, 2.75) is 12.8 Å². The van der Waals surface area contributed by atoms with Crippen molar-refractivity contribution in [2.75, 3.05) is 26.4 Å². The lowest BCUT2D eigenvalue weighted by molar-refractivity contribution is -0.138. The van der Waals surface area contributed by atoms with Gasteiger partial charge < -0.3 is 20.1 Å². The Labute approximate surface area is 82.6 Å². The number of ether oxygens (including phenoxy) is 1. The molecule has 0 saturated carbocycles. The number of esters is 1. The number of hydrogen-bond acceptors (Lipinski definition) is 5. The maximum Gasteiger partial charge on any atom is 0.330 e. The maximum absolute atomic E-state index is 11.0. The normalized spacial score (nSPS) is 9.64. The van der Waals surface area contributed by atoms with Crippen molar-refractivity contribution in [1.29, 1.82) is 0 Å². The third-order valence-electron chi connectivity index (χ3n) is 1.52. The largest absolute Gasteiger partial charge is 0.460 e. The highest BCUT2D eigenvalue weighted by Crippen LogP contribution is 2.05. The zero-order chi connectivity index (χ0) is 10.8. The number of carbonyl (C=O) groups excluding carboxylic acids is 1. The lowest BCUT2D eigenvalue weighted by Crippen LogP contribution is -2.07. The van der Waals surface area contributed by atoms with Gasteiger partial charge in [-0.05, 0) is 12.8 Å². The molecule has 5 nitrogen and oxygen atoms in total. The molecule has 0 saturated heterocycles. The first kappa shape index (κ1) is 13.1. The predicted molar refractivity (Wildman–Crippen MR) is 49.5 cm³/mol. The summed E-state index contributed by atoms with van der Waals surface area (Å²) in [7, 11) is 0. The smallest absolute Gasteiger partial charge is 0.330 e. The zero-order valence-corrected chi connectivity index (χ0v) is 7.98. The van der Waals surface area contributed by atoms with Crippen molar-refractivity contribution in [2.24, 2.45) is 0 Å². The molecule has 0 aliphatic heterocycles. The molecule has 5 heteroatoms. The minimum absolute atomic E-state index is 0.0408. The minimum Gasteiger partial charge on any atom is -0.460 e. The molecule has 0 radical (unpaired) electrons. The average Bonchev–Trinajstić information content (AvgIpc) is 2.15. The van der Waals surface area contributed by atoms with E-state index in [1.807, 2.05) is 0 Å². The molecule has 0 aromatic carbocycles. The number of rotatable bonds is 7. The zero-order valence-electron chi connectivity index (χ0n) is 7.98. The molecule has 0 aliphatic carbocycles. The summed E-state index contributed by atoms with van der Waals surface area (Å²) < 4.78 is 4.59. The molecule has 0 amide bonds. The van der Waals surface area contributed by atoms with E-state index < -0.39 is 5.97 Å². The van der Waals surface area contributed by atoms with Crippen molar-refractivity contribution < 1.29 is 24.9 Å². The summed E-state index contributed by atoms with van der Waals surface area (Å²) in [5, 5.41) is 25.7. The van der Waals surface area contributed by atoms with Crippen LogP contribution in [-0.4, -0.2) is 47.7 Å². The van der Waals surface area contributed by atoms with Crippen molar-refractivity contribution in [3.63, 3.8) is 0 Å². The Bertz CT molecular complexity index is 180. The van der Waals surface area contributed by atoms with Crippen LogP contribution in [0.5, 0.6) is 0 Å². The fourth-order valence-electron chi connectivity index (χ4n) is 0.911. The van der Waals surface area contributed by atoms with Crippen LogP contribution < -0.4 is 0 Å². The van der Waals surface area contributed by atoms with E-state index in [4.69, 9.17) is 15.3 Å². The first-order valence-corrected chi connectivity index (χ1v) is 4.43. The molecular formula is C9H16O5. The summed E-state index contributed by atoms with van der Waals surface area (Å²) >= 11 is 0. The SMILES string of the molecule is O=C(C=C(CCO)CCO)OCCO. The van der Waals surface area contributed by atoms with Gasteiger partial charge in [0.15, 0.2) is 0 Å². The Hall–Kier alpha value is -0.910. The van der Waals surface area contributed by atoms with Crippen LogP contribution in [0.25, 0.3) is 0 Å².